The van der Waals surface area contributed by atoms with Gasteiger partial charge >= 0.3 is 90.3 Å². The van der Waals surface area contributed by atoms with Crippen LogP contribution in [0.3, 0.4) is 0 Å². The van der Waals surface area contributed by atoms with Crippen LogP contribution >= 0.6 is 21.6 Å². The summed E-state index contributed by atoms with van der Waals surface area (Å²) in [6.07, 6.45) is 0. The Hall–Kier alpha value is 0.158. The van der Waals surface area contributed by atoms with Crippen molar-refractivity contribution in [2.24, 2.45) is 0 Å². The molecule has 0 aromatic heterocycles. The zero-order chi connectivity index (χ0) is 8.97. The summed E-state index contributed by atoms with van der Waals surface area (Å²) in [7, 11) is 5.87. The Bertz CT molecular complexity index is 303. The fourth-order valence-electron chi connectivity index (χ4n) is 0.849. The number of thiocarbonyl (C=S) groups is 1. The van der Waals surface area contributed by atoms with Crippen molar-refractivity contribution in [3.8, 4) is 0 Å². The van der Waals surface area contributed by atoms with Gasteiger partial charge in [0.15, 0.2) is 0 Å². The van der Waals surface area contributed by atoms with Gasteiger partial charge in [0.1, 0.15) is 0 Å². The van der Waals surface area contributed by atoms with Crippen LogP contribution in [0.1, 0.15) is 11.1 Å². The molecule has 0 nitrogen and oxygen atoms in total. The third kappa shape index (κ3) is 2.58. The summed E-state index contributed by atoms with van der Waals surface area (Å²) in [6.45, 7) is 2.07. The first-order chi connectivity index (χ1) is 5.77. The van der Waals surface area contributed by atoms with E-state index in [0.717, 1.165) is 0 Å². The molecule has 0 aliphatic rings. The number of rotatable bonds is 2. The molecule has 0 heterocycles. The molecule has 1 aromatic rings. The third-order valence-corrected chi connectivity index (χ3v) is 5.58. The monoisotopic (exact) mass is 367 g/mol. The van der Waals surface area contributed by atoms with E-state index in [1.165, 1.54) is 15.0 Å². The number of hydrogen-bond acceptors (Lipinski definition) is 1. The average molecular weight is 368 g/mol. The van der Waals surface area contributed by atoms with Crippen molar-refractivity contribution in [2.45, 2.75) is 6.92 Å². The van der Waals surface area contributed by atoms with E-state index in [0.29, 0.717) is 0 Å². The summed E-state index contributed by atoms with van der Waals surface area (Å²) in [6, 6.07) is 8.32. The average Bonchev–Trinajstić information content (AvgIpc) is 2.10. The summed E-state index contributed by atoms with van der Waals surface area (Å²) < 4.78 is 1.17. The van der Waals surface area contributed by atoms with E-state index in [1.54, 1.807) is 5.37 Å². The maximum absolute atomic E-state index is 5.87. The van der Waals surface area contributed by atoms with Crippen molar-refractivity contribution >= 4 is 30.9 Å². The predicted molar refractivity (Wildman–Crippen MR) is 54.8 cm³/mol. The molecule has 0 radical (unpaired) electrons. The number of aryl methyl sites for hydroxylation is 1. The van der Waals surface area contributed by atoms with Gasteiger partial charge < -0.3 is 0 Å². The zero-order valence-electron chi connectivity index (χ0n) is 6.58. The molecular formula is C9H8ClSW. The normalized spacial score (nSPS) is 11.3. The van der Waals surface area contributed by atoms with Gasteiger partial charge in [-0.05, 0) is 0 Å². The molecule has 1 rings (SSSR count). The molecule has 0 atom stereocenters. The minimum atomic E-state index is -0.880. The van der Waals surface area contributed by atoms with E-state index >= 15 is 0 Å². The van der Waals surface area contributed by atoms with E-state index in [9.17, 15) is 0 Å². The summed E-state index contributed by atoms with van der Waals surface area (Å²) in [5, 5.41) is 1.71. The number of halogens is 1. The van der Waals surface area contributed by atoms with Crippen LogP contribution in [0, 0.1) is 6.92 Å². The molecule has 0 aliphatic heterocycles. The van der Waals surface area contributed by atoms with Gasteiger partial charge in [0.05, 0.1) is 0 Å². The van der Waals surface area contributed by atoms with Crippen molar-refractivity contribution in [2.75, 3.05) is 0 Å². The number of hydrogen-bond donors (Lipinski definition) is 0. The molecule has 0 spiro atoms. The van der Waals surface area contributed by atoms with Crippen LogP contribution in [0.2, 0.25) is 0 Å². The van der Waals surface area contributed by atoms with E-state index < -0.39 is 17.1 Å². The Labute approximate surface area is 89.9 Å². The minimum absolute atomic E-state index is 0.880. The third-order valence-electron chi connectivity index (χ3n) is 1.53. The van der Waals surface area contributed by atoms with Crippen LogP contribution in [0.5, 0.6) is 0 Å². The first kappa shape index (κ1) is 10.2. The van der Waals surface area contributed by atoms with Crippen LogP contribution in [-0.2, 0) is 17.1 Å². The topological polar surface area (TPSA) is 0 Å². The van der Waals surface area contributed by atoms with Gasteiger partial charge in [-0.15, -0.1) is 0 Å². The van der Waals surface area contributed by atoms with E-state index in [1.807, 2.05) is 0 Å². The zero-order valence-corrected chi connectivity index (χ0v) is 11.1. The standard InChI is InChI=1S/C9H8S.ClH.W/c1-8-2-4-9(5-3-8)6-7-10;;/h2-5,7H,1H3;1H;/q;;+1/p-1. The number of benzene rings is 1. The SMILES string of the molecule is Cc1ccc([C](C=S)=[W][Cl])cc1. The molecule has 3 heteroatoms. The Morgan fingerprint density at radius 2 is 2.00 bits per heavy atom. The molecule has 12 heavy (non-hydrogen) atoms. The quantitative estimate of drug-likeness (QED) is 0.725. The van der Waals surface area contributed by atoms with Gasteiger partial charge in [-0.3, -0.25) is 0 Å². The Morgan fingerprint density at radius 3 is 2.42 bits per heavy atom. The van der Waals surface area contributed by atoms with Crippen LogP contribution in [0.25, 0.3) is 0 Å². The van der Waals surface area contributed by atoms with Gasteiger partial charge in [0.2, 0.25) is 0 Å². The van der Waals surface area contributed by atoms with Crippen molar-refractivity contribution in [3.05, 3.63) is 35.4 Å². The summed E-state index contributed by atoms with van der Waals surface area (Å²) in [5.74, 6) is 0. The summed E-state index contributed by atoms with van der Waals surface area (Å²) >= 11 is 4.00. The molecule has 0 saturated carbocycles. The van der Waals surface area contributed by atoms with Crippen molar-refractivity contribution in [1.82, 2.24) is 0 Å². The van der Waals surface area contributed by atoms with Gasteiger partial charge in [-0.2, -0.15) is 0 Å². The van der Waals surface area contributed by atoms with Crippen LogP contribution in [0.4, 0.5) is 0 Å². The molecule has 63 valence electrons. The molecule has 0 saturated heterocycles. The fourth-order valence-corrected chi connectivity index (χ4v) is 3.84. The second-order valence-electron chi connectivity index (χ2n) is 2.43. The van der Waals surface area contributed by atoms with E-state index in [4.69, 9.17) is 21.6 Å². The molecule has 0 bridgehead atoms. The van der Waals surface area contributed by atoms with Gasteiger partial charge in [0, 0.05) is 0 Å². The fraction of sp³-hybridized carbons (Fsp3) is 0.111. The molecule has 0 fully saturated rings. The van der Waals surface area contributed by atoms with E-state index in [-0.39, 0.29) is 0 Å². The molecule has 0 aliphatic carbocycles. The Balaban J connectivity index is 3.04. The Morgan fingerprint density at radius 1 is 1.42 bits per heavy atom. The predicted octanol–water partition coefficient (Wildman–Crippen LogP) is 2.75. The van der Waals surface area contributed by atoms with Crippen molar-refractivity contribution < 1.29 is 17.1 Å². The molecule has 1 aromatic carbocycles. The first-order valence-electron chi connectivity index (χ1n) is 3.45. The molecule has 0 unspecified atom stereocenters. The maximum atomic E-state index is 5.87. The molecular weight excluding hydrogens is 359 g/mol. The van der Waals surface area contributed by atoms with Crippen LogP contribution in [0.15, 0.2) is 24.3 Å². The molecule has 0 N–H and O–H groups in total. The summed E-state index contributed by atoms with van der Waals surface area (Å²) in [5.41, 5.74) is 2.46. The van der Waals surface area contributed by atoms with Crippen LogP contribution < -0.4 is 0 Å². The second kappa shape index (κ2) is 5.01. The van der Waals surface area contributed by atoms with E-state index in [2.05, 4.69) is 31.2 Å². The van der Waals surface area contributed by atoms with Crippen LogP contribution in [-0.4, -0.2) is 9.27 Å². The Kier molecular flexibility index (Phi) is 4.28. The second-order valence-corrected chi connectivity index (χ2v) is 6.06. The van der Waals surface area contributed by atoms with Gasteiger partial charge in [0.25, 0.3) is 0 Å². The first-order valence-corrected chi connectivity index (χ1v) is 9.03. The van der Waals surface area contributed by atoms with Crippen molar-refractivity contribution in [3.63, 3.8) is 0 Å². The van der Waals surface area contributed by atoms with Crippen molar-refractivity contribution in [1.29, 1.82) is 0 Å². The van der Waals surface area contributed by atoms with Gasteiger partial charge in [-0.25, -0.2) is 0 Å². The molecule has 0 amide bonds. The summed E-state index contributed by atoms with van der Waals surface area (Å²) in [4.78, 5) is 0. The van der Waals surface area contributed by atoms with Gasteiger partial charge in [-0.1, -0.05) is 0 Å².